The van der Waals surface area contributed by atoms with Crippen LogP contribution in [0.3, 0.4) is 0 Å². The highest BCUT2D eigenvalue weighted by Gasteiger charge is 2.21. The van der Waals surface area contributed by atoms with Gasteiger partial charge in [-0.05, 0) is 38.5 Å². The summed E-state index contributed by atoms with van der Waals surface area (Å²) in [6.45, 7) is 4.30. The zero-order chi connectivity index (χ0) is 43.7. The molecular formula is C55H109NO4. The summed E-state index contributed by atoms with van der Waals surface area (Å²) in [5.74, 6) is -0.278. The number of aliphatic hydroxyl groups excluding tert-OH is 3. The number of unbranched alkanes of at least 4 members (excludes halogenated alkanes) is 40. The summed E-state index contributed by atoms with van der Waals surface area (Å²) in [7, 11) is 0. The molecule has 3 unspecified atom stereocenters. The van der Waals surface area contributed by atoms with E-state index in [9.17, 15) is 20.1 Å². The maximum Gasteiger partial charge on any atom is 0.222 e. The Kier molecular flexibility index (Phi) is 50.0. The molecule has 0 bridgehead atoms. The lowest BCUT2D eigenvalue weighted by Crippen LogP contribution is -2.46. The van der Waals surface area contributed by atoms with Crippen LogP contribution in [-0.4, -0.2) is 46.1 Å². The van der Waals surface area contributed by atoms with Gasteiger partial charge in [0.1, 0.15) is 0 Å². The zero-order valence-corrected chi connectivity index (χ0v) is 40.9. The van der Waals surface area contributed by atoms with Gasteiger partial charge in [0.2, 0.25) is 5.91 Å². The third kappa shape index (κ3) is 46.6. The summed E-state index contributed by atoms with van der Waals surface area (Å²) >= 11 is 0. The minimum absolute atomic E-state index is 0.0399. The molecule has 0 aromatic heterocycles. The van der Waals surface area contributed by atoms with E-state index >= 15 is 0 Å². The Morgan fingerprint density at radius 3 is 0.967 bits per heavy atom. The first-order chi connectivity index (χ1) is 29.5. The molecule has 1 amide bonds. The number of amides is 1. The van der Waals surface area contributed by atoms with Gasteiger partial charge in [0.25, 0.3) is 0 Å². The van der Waals surface area contributed by atoms with Crippen LogP contribution in [0.15, 0.2) is 12.2 Å². The van der Waals surface area contributed by atoms with Gasteiger partial charge in [-0.3, -0.25) is 4.79 Å². The van der Waals surface area contributed by atoms with Crippen molar-refractivity contribution in [1.29, 1.82) is 0 Å². The van der Waals surface area contributed by atoms with E-state index in [2.05, 4.69) is 31.3 Å². The Labute approximate surface area is 376 Å². The van der Waals surface area contributed by atoms with E-state index in [-0.39, 0.29) is 18.9 Å². The fraction of sp³-hybridized carbons (Fsp3) is 0.945. The smallest absolute Gasteiger partial charge is 0.222 e. The van der Waals surface area contributed by atoms with Crippen molar-refractivity contribution in [1.82, 2.24) is 5.32 Å². The number of carbonyl (C=O) groups excluding carboxylic acids is 1. The lowest BCUT2D eigenvalue weighted by Gasteiger charge is -2.23. The maximum atomic E-state index is 12.5. The summed E-state index contributed by atoms with van der Waals surface area (Å²) in [6, 6.07) is -0.656. The lowest BCUT2D eigenvalue weighted by molar-refractivity contribution is -0.125. The fourth-order valence-corrected chi connectivity index (χ4v) is 8.87. The molecule has 0 aliphatic carbocycles. The lowest BCUT2D eigenvalue weighted by atomic mass is 10.0. The van der Waals surface area contributed by atoms with Gasteiger partial charge in [-0.15, -0.1) is 0 Å². The number of rotatable bonds is 51. The number of allylic oxidation sites excluding steroid dienone is 2. The minimum Gasteiger partial charge on any atom is -0.394 e. The quantitative estimate of drug-likeness (QED) is 0.0363. The molecular weight excluding hydrogens is 739 g/mol. The molecule has 0 fully saturated rings. The van der Waals surface area contributed by atoms with Crippen LogP contribution in [0.4, 0.5) is 0 Å². The van der Waals surface area contributed by atoms with Gasteiger partial charge in [-0.25, -0.2) is 0 Å². The highest BCUT2D eigenvalue weighted by atomic mass is 16.3. The Morgan fingerprint density at radius 1 is 0.400 bits per heavy atom. The molecule has 0 saturated carbocycles. The molecule has 0 saturated heterocycles. The molecule has 0 radical (unpaired) electrons. The number of nitrogens with one attached hydrogen (secondary N) is 1. The van der Waals surface area contributed by atoms with Crippen molar-refractivity contribution in [3.05, 3.63) is 12.2 Å². The number of hydrogen-bond acceptors (Lipinski definition) is 4. The SMILES string of the molecule is CCCCCCCCCCCCCC/C=C\CCCCCCCCCCCCCC(O)CC(=O)NC(CO)C(O)CCCCCCCCCCCCCCCCCCCC. The summed E-state index contributed by atoms with van der Waals surface area (Å²) in [5.41, 5.74) is 0. The van der Waals surface area contributed by atoms with Crippen LogP contribution in [0.25, 0.3) is 0 Å². The highest BCUT2D eigenvalue weighted by Crippen LogP contribution is 2.18. The number of carbonyl (C=O) groups is 1. The Morgan fingerprint density at radius 2 is 0.667 bits per heavy atom. The van der Waals surface area contributed by atoms with Crippen molar-refractivity contribution in [2.75, 3.05) is 6.61 Å². The number of hydrogen-bond donors (Lipinski definition) is 4. The molecule has 3 atom stereocenters. The van der Waals surface area contributed by atoms with Crippen molar-refractivity contribution in [3.63, 3.8) is 0 Å². The van der Waals surface area contributed by atoms with E-state index in [1.165, 1.54) is 250 Å². The molecule has 0 aromatic rings. The molecule has 358 valence electrons. The zero-order valence-electron chi connectivity index (χ0n) is 40.9. The second kappa shape index (κ2) is 50.7. The van der Waals surface area contributed by atoms with Crippen LogP contribution in [-0.2, 0) is 4.79 Å². The molecule has 60 heavy (non-hydrogen) atoms. The Bertz CT molecular complexity index is 848. The van der Waals surface area contributed by atoms with Gasteiger partial charge in [-0.2, -0.15) is 0 Å². The van der Waals surface area contributed by atoms with Gasteiger partial charge in [-0.1, -0.05) is 276 Å². The van der Waals surface area contributed by atoms with Crippen LogP contribution in [0.5, 0.6) is 0 Å². The third-order valence-corrected chi connectivity index (χ3v) is 13.1. The highest BCUT2D eigenvalue weighted by molar-refractivity contribution is 5.76. The van der Waals surface area contributed by atoms with E-state index in [4.69, 9.17) is 0 Å². The summed E-state index contributed by atoms with van der Waals surface area (Å²) in [4.78, 5) is 12.5. The predicted molar refractivity (Wildman–Crippen MR) is 264 cm³/mol. The van der Waals surface area contributed by atoms with E-state index in [1.807, 2.05) is 0 Å². The van der Waals surface area contributed by atoms with Gasteiger partial charge in [0.05, 0.1) is 31.3 Å². The van der Waals surface area contributed by atoms with E-state index in [0.717, 1.165) is 25.7 Å². The van der Waals surface area contributed by atoms with E-state index in [1.54, 1.807) is 0 Å². The van der Waals surface area contributed by atoms with Gasteiger partial charge in [0, 0.05) is 0 Å². The van der Waals surface area contributed by atoms with Crippen molar-refractivity contribution in [2.24, 2.45) is 0 Å². The van der Waals surface area contributed by atoms with Crippen LogP contribution in [0.1, 0.15) is 309 Å². The van der Waals surface area contributed by atoms with Crippen molar-refractivity contribution >= 4 is 5.91 Å². The molecule has 0 spiro atoms. The second-order valence-corrected chi connectivity index (χ2v) is 19.2. The van der Waals surface area contributed by atoms with Crippen LogP contribution < -0.4 is 5.32 Å². The van der Waals surface area contributed by atoms with Crippen LogP contribution in [0.2, 0.25) is 0 Å². The number of aliphatic hydroxyl groups is 3. The van der Waals surface area contributed by atoms with Crippen molar-refractivity contribution < 1.29 is 20.1 Å². The molecule has 0 aliphatic heterocycles. The standard InChI is InChI=1S/C55H109NO4/c1-3-5-7-9-11-13-15-17-19-21-23-24-25-26-27-28-29-30-31-32-34-36-38-40-42-44-46-48-52(58)50-55(60)56-53(51-57)54(59)49-47-45-43-41-39-37-35-33-22-20-18-16-14-12-10-8-6-4-2/h26-27,52-54,57-59H,3-25,28-51H2,1-2H3,(H,56,60)/b27-26-. The molecule has 0 aliphatic rings. The summed E-state index contributed by atoms with van der Waals surface area (Å²) in [6.07, 6.45) is 62.2. The summed E-state index contributed by atoms with van der Waals surface area (Å²) in [5, 5.41) is 33.6. The van der Waals surface area contributed by atoms with Crippen LogP contribution >= 0.6 is 0 Å². The Balaban J connectivity index is 3.51. The van der Waals surface area contributed by atoms with Gasteiger partial charge >= 0.3 is 0 Å². The molecule has 5 nitrogen and oxygen atoms in total. The van der Waals surface area contributed by atoms with Gasteiger partial charge in [0.15, 0.2) is 0 Å². The molecule has 0 aromatic carbocycles. The predicted octanol–water partition coefficient (Wildman–Crippen LogP) is 16.7. The molecule has 4 N–H and O–H groups in total. The van der Waals surface area contributed by atoms with Gasteiger partial charge < -0.3 is 20.6 Å². The summed E-state index contributed by atoms with van der Waals surface area (Å²) < 4.78 is 0. The van der Waals surface area contributed by atoms with Crippen molar-refractivity contribution in [2.45, 2.75) is 327 Å². The first kappa shape index (κ1) is 59.1. The fourth-order valence-electron chi connectivity index (χ4n) is 8.87. The monoisotopic (exact) mass is 848 g/mol. The average Bonchev–Trinajstić information content (AvgIpc) is 3.24. The van der Waals surface area contributed by atoms with E-state index in [0.29, 0.717) is 12.8 Å². The molecule has 5 heteroatoms. The topological polar surface area (TPSA) is 89.8 Å². The Hall–Kier alpha value is -0.910. The normalized spacial score (nSPS) is 13.3. The second-order valence-electron chi connectivity index (χ2n) is 19.2. The van der Waals surface area contributed by atoms with E-state index < -0.39 is 18.2 Å². The van der Waals surface area contributed by atoms with Crippen LogP contribution in [0, 0.1) is 0 Å². The third-order valence-electron chi connectivity index (χ3n) is 13.1. The molecule has 0 rings (SSSR count). The minimum atomic E-state index is -0.747. The molecule has 0 heterocycles. The largest absolute Gasteiger partial charge is 0.394 e. The first-order valence-electron chi connectivity index (χ1n) is 27.5. The first-order valence-corrected chi connectivity index (χ1v) is 27.5. The average molecular weight is 848 g/mol. The maximum absolute atomic E-state index is 12.5. The van der Waals surface area contributed by atoms with Crippen molar-refractivity contribution in [3.8, 4) is 0 Å².